The summed E-state index contributed by atoms with van der Waals surface area (Å²) >= 11 is 0. The molecule has 0 aliphatic carbocycles. The Morgan fingerprint density at radius 1 is 1.05 bits per heavy atom. The fourth-order valence-electron chi connectivity index (χ4n) is 5.77. The first-order chi connectivity index (χ1) is 21.4. The first-order valence-electron chi connectivity index (χ1n) is 14.6. The molecule has 0 saturated carbocycles. The summed E-state index contributed by atoms with van der Waals surface area (Å²) in [5, 5.41) is 19.0. The molecule has 13 heteroatoms. The lowest BCUT2D eigenvalue weighted by molar-refractivity contribution is -0.135. The monoisotopic (exact) mass is 602 g/mol. The molecule has 0 atom stereocenters. The van der Waals surface area contributed by atoms with Crippen LogP contribution < -0.4 is 9.64 Å². The number of hydrogen-bond donors (Lipinski definition) is 2. The van der Waals surface area contributed by atoms with Gasteiger partial charge in [0, 0.05) is 68.9 Å². The maximum absolute atomic E-state index is 12.7. The Hall–Kier alpha value is -4.67. The first kappa shape index (κ1) is 29.4. The number of aromatic amines is 1. The number of aromatic nitrogens is 4. The van der Waals surface area contributed by atoms with Crippen molar-refractivity contribution in [2.75, 3.05) is 57.3 Å². The van der Waals surface area contributed by atoms with Crippen molar-refractivity contribution in [3.8, 4) is 34.5 Å². The summed E-state index contributed by atoms with van der Waals surface area (Å²) in [6.07, 6.45) is 0.208. The lowest BCUT2D eigenvalue weighted by atomic mass is 10.1. The molecule has 2 N–H and O–H groups in total. The van der Waals surface area contributed by atoms with Crippen LogP contribution >= 0.6 is 0 Å². The van der Waals surface area contributed by atoms with Gasteiger partial charge in [-0.1, -0.05) is 0 Å². The summed E-state index contributed by atoms with van der Waals surface area (Å²) in [5.74, 6) is 0.803. The van der Waals surface area contributed by atoms with E-state index in [-0.39, 0.29) is 18.6 Å². The van der Waals surface area contributed by atoms with Crippen molar-refractivity contribution in [2.24, 2.45) is 0 Å². The number of halogens is 2. The molecule has 0 bridgehead atoms. The minimum absolute atomic E-state index is 0.141. The smallest absolute Gasteiger partial charge is 0.251 e. The van der Waals surface area contributed by atoms with Crippen LogP contribution in [0.1, 0.15) is 18.4 Å². The number of alkyl halides is 2. The molecular formula is C31H32F2N8O3. The van der Waals surface area contributed by atoms with Gasteiger partial charge in [-0.2, -0.15) is 5.26 Å². The number of H-pyrrole nitrogens is 1. The van der Waals surface area contributed by atoms with E-state index in [1.807, 2.05) is 30.3 Å². The number of amides is 1. The van der Waals surface area contributed by atoms with Gasteiger partial charge in [-0.3, -0.25) is 9.69 Å². The van der Waals surface area contributed by atoms with Crippen LogP contribution in [0.15, 0.2) is 48.8 Å². The van der Waals surface area contributed by atoms with Gasteiger partial charge < -0.3 is 24.6 Å². The maximum Gasteiger partial charge on any atom is 0.251 e. The van der Waals surface area contributed by atoms with Crippen molar-refractivity contribution < 1.29 is 23.4 Å². The van der Waals surface area contributed by atoms with E-state index in [0.29, 0.717) is 91.7 Å². The number of aliphatic hydroxyl groups is 1. The predicted molar refractivity (Wildman–Crippen MR) is 159 cm³/mol. The third kappa shape index (κ3) is 6.31. The number of nitrogens with one attached hydrogen (secondary N) is 1. The van der Waals surface area contributed by atoms with Gasteiger partial charge in [0.05, 0.1) is 17.8 Å². The Balaban J connectivity index is 1.17. The molecule has 0 radical (unpaired) electrons. The summed E-state index contributed by atoms with van der Waals surface area (Å²) in [5.41, 5.74) is 4.70. The zero-order valence-corrected chi connectivity index (χ0v) is 24.0. The minimum atomic E-state index is -2.32. The number of imidazole rings is 1. The standard InChI is InChI=1S/C31H32F2N8O3/c32-26(33)17-39-11-13-40(14-12-39)23-4-1-20(2-5-23)30-37-29-28(35-19-36-31(29)38-30)21-3-6-25(22(15-21)16-34)44-24-7-9-41(10-8-24)27(43)18-42/h1-6,15,19,24,26,42H,7-14,17-18H2,(H,35,36,37,38). The Kier molecular flexibility index (Phi) is 8.63. The molecule has 4 heterocycles. The number of piperidine rings is 1. The normalized spacial score (nSPS) is 16.4. The van der Waals surface area contributed by atoms with Gasteiger partial charge in [-0.15, -0.1) is 0 Å². The second-order valence-electron chi connectivity index (χ2n) is 10.9. The fraction of sp³-hybridized carbons (Fsp3) is 0.387. The Labute approximate surface area is 252 Å². The number of aliphatic hydroxyl groups excluding tert-OH is 1. The number of anilines is 1. The third-order valence-corrected chi connectivity index (χ3v) is 8.16. The molecule has 0 spiro atoms. The molecule has 2 fully saturated rings. The molecule has 2 aliphatic heterocycles. The molecule has 2 aliphatic rings. The van der Waals surface area contributed by atoms with Gasteiger partial charge in [-0.25, -0.2) is 23.7 Å². The van der Waals surface area contributed by atoms with E-state index in [0.717, 1.165) is 11.3 Å². The number of carbonyl (C=O) groups is 1. The van der Waals surface area contributed by atoms with Crippen LogP contribution in [0, 0.1) is 11.3 Å². The van der Waals surface area contributed by atoms with E-state index < -0.39 is 13.0 Å². The van der Waals surface area contributed by atoms with Gasteiger partial charge in [0.1, 0.15) is 42.2 Å². The third-order valence-electron chi connectivity index (χ3n) is 8.16. The lowest BCUT2D eigenvalue weighted by Gasteiger charge is -2.35. The van der Waals surface area contributed by atoms with Gasteiger partial charge >= 0.3 is 0 Å². The predicted octanol–water partition coefficient (Wildman–Crippen LogP) is 3.31. The average Bonchev–Trinajstić information content (AvgIpc) is 3.50. The Bertz CT molecular complexity index is 1660. The summed E-state index contributed by atoms with van der Waals surface area (Å²) in [6, 6.07) is 15.5. The van der Waals surface area contributed by atoms with Crippen LogP contribution in [0.2, 0.25) is 0 Å². The SMILES string of the molecule is N#Cc1cc(-c2ncnc3nc(-c4ccc(N5CCN(CC(F)F)CC5)cc4)[nH]c23)ccc1OC1CCN(C(=O)CO)CC1. The molecule has 4 aromatic rings. The van der Waals surface area contributed by atoms with Crippen LogP contribution in [0.5, 0.6) is 5.75 Å². The molecule has 0 unspecified atom stereocenters. The van der Waals surface area contributed by atoms with E-state index in [1.54, 1.807) is 21.9 Å². The quantitative estimate of drug-likeness (QED) is 0.312. The Morgan fingerprint density at radius 3 is 2.45 bits per heavy atom. The van der Waals surface area contributed by atoms with Crippen molar-refractivity contribution in [3.05, 3.63) is 54.4 Å². The number of nitrogens with zero attached hydrogens (tertiary/aromatic N) is 7. The van der Waals surface area contributed by atoms with Gasteiger partial charge in [0.2, 0.25) is 5.91 Å². The van der Waals surface area contributed by atoms with Crippen molar-refractivity contribution in [2.45, 2.75) is 25.4 Å². The summed E-state index contributed by atoms with van der Waals surface area (Å²) in [4.78, 5) is 34.2. The largest absolute Gasteiger partial charge is 0.489 e. The number of carbonyl (C=O) groups excluding carboxylic acids is 1. The topological polar surface area (TPSA) is 134 Å². The maximum atomic E-state index is 12.7. The van der Waals surface area contributed by atoms with Gasteiger partial charge in [-0.05, 0) is 42.5 Å². The number of hydrogen-bond acceptors (Lipinski definition) is 9. The minimum Gasteiger partial charge on any atom is -0.489 e. The molecule has 11 nitrogen and oxygen atoms in total. The summed E-state index contributed by atoms with van der Waals surface area (Å²) < 4.78 is 31.6. The second-order valence-corrected chi connectivity index (χ2v) is 10.9. The molecule has 2 aromatic carbocycles. The summed E-state index contributed by atoms with van der Waals surface area (Å²) in [6.45, 7) is 2.89. The molecule has 44 heavy (non-hydrogen) atoms. The second kappa shape index (κ2) is 12.9. The van der Waals surface area contributed by atoms with Crippen LogP contribution in [0.25, 0.3) is 33.8 Å². The highest BCUT2D eigenvalue weighted by Crippen LogP contribution is 2.32. The molecule has 2 aromatic heterocycles. The van der Waals surface area contributed by atoms with E-state index in [1.165, 1.54) is 6.33 Å². The molecule has 228 valence electrons. The molecule has 2 saturated heterocycles. The highest BCUT2D eigenvalue weighted by molar-refractivity contribution is 5.89. The van der Waals surface area contributed by atoms with E-state index in [4.69, 9.17) is 9.84 Å². The number of piperazine rings is 1. The first-order valence-corrected chi connectivity index (χ1v) is 14.6. The number of likely N-dealkylation sites (tertiary alicyclic amines) is 1. The van der Waals surface area contributed by atoms with Crippen molar-refractivity contribution in [1.82, 2.24) is 29.7 Å². The van der Waals surface area contributed by atoms with E-state index >= 15 is 0 Å². The Morgan fingerprint density at radius 2 is 1.77 bits per heavy atom. The van der Waals surface area contributed by atoms with Crippen molar-refractivity contribution in [1.29, 1.82) is 5.26 Å². The van der Waals surface area contributed by atoms with Crippen LogP contribution in [0.3, 0.4) is 0 Å². The van der Waals surface area contributed by atoms with Crippen molar-refractivity contribution >= 4 is 22.8 Å². The van der Waals surface area contributed by atoms with E-state index in [2.05, 4.69) is 30.9 Å². The van der Waals surface area contributed by atoms with Gasteiger partial charge in [0.15, 0.2) is 5.65 Å². The zero-order valence-electron chi connectivity index (χ0n) is 24.0. The lowest BCUT2D eigenvalue weighted by Crippen LogP contribution is -2.47. The fourth-order valence-corrected chi connectivity index (χ4v) is 5.77. The van der Waals surface area contributed by atoms with Crippen molar-refractivity contribution in [3.63, 3.8) is 0 Å². The van der Waals surface area contributed by atoms with Crippen LogP contribution in [0.4, 0.5) is 14.5 Å². The van der Waals surface area contributed by atoms with E-state index in [9.17, 15) is 18.8 Å². The molecular weight excluding hydrogens is 570 g/mol. The number of nitriles is 1. The van der Waals surface area contributed by atoms with Crippen LogP contribution in [-0.4, -0.2) is 106 Å². The summed E-state index contributed by atoms with van der Waals surface area (Å²) in [7, 11) is 0. The highest BCUT2D eigenvalue weighted by Gasteiger charge is 2.25. The molecule has 6 rings (SSSR count). The number of fused-ring (bicyclic) bond motifs is 1. The van der Waals surface area contributed by atoms with Gasteiger partial charge in [0.25, 0.3) is 6.43 Å². The zero-order chi connectivity index (χ0) is 30.6. The number of ether oxygens (including phenoxy) is 1. The number of rotatable bonds is 8. The van der Waals surface area contributed by atoms with Crippen LogP contribution in [-0.2, 0) is 4.79 Å². The molecule has 1 amide bonds. The highest BCUT2D eigenvalue weighted by atomic mass is 19.3. The average molecular weight is 603 g/mol. The number of benzene rings is 2.